The van der Waals surface area contributed by atoms with E-state index >= 15 is 0 Å². The van der Waals surface area contributed by atoms with Crippen LogP contribution < -0.4 is 0 Å². The van der Waals surface area contributed by atoms with Crippen molar-refractivity contribution < 1.29 is 18.3 Å². The Kier molecular flexibility index (Phi) is 6.45. The van der Waals surface area contributed by atoms with Crippen LogP contribution in [0.2, 0.25) is 0 Å². The Hall–Kier alpha value is -2.27. The molecular formula is C23H27F2NO2. The zero-order valence-electron chi connectivity index (χ0n) is 16.6. The summed E-state index contributed by atoms with van der Waals surface area (Å²) in [5.74, 6) is -1.06. The lowest BCUT2D eigenvalue weighted by molar-refractivity contribution is -0.140. The zero-order valence-corrected chi connectivity index (χ0v) is 16.6. The highest BCUT2D eigenvalue weighted by atomic mass is 19.1. The molecule has 3 rings (SSSR count). The summed E-state index contributed by atoms with van der Waals surface area (Å²) in [6, 6.07) is 11.2. The smallest absolute Gasteiger partial charge is 0.225 e. The average Bonchev–Trinajstić information content (AvgIpc) is 2.68. The first-order valence-electron chi connectivity index (χ1n) is 9.87. The molecule has 1 amide bonds. The lowest BCUT2D eigenvalue weighted by Crippen LogP contribution is -2.45. The van der Waals surface area contributed by atoms with Crippen LogP contribution in [-0.4, -0.2) is 30.0 Å². The van der Waals surface area contributed by atoms with Crippen LogP contribution in [0.3, 0.4) is 0 Å². The number of hydrogen-bond acceptors (Lipinski definition) is 2. The van der Waals surface area contributed by atoms with Gasteiger partial charge in [0.1, 0.15) is 11.6 Å². The van der Waals surface area contributed by atoms with E-state index in [2.05, 4.69) is 0 Å². The molecule has 0 N–H and O–H groups in total. The Morgan fingerprint density at radius 2 is 1.86 bits per heavy atom. The fraction of sp³-hybridized carbons (Fsp3) is 0.435. The number of halogens is 2. The second kappa shape index (κ2) is 8.82. The van der Waals surface area contributed by atoms with E-state index in [9.17, 15) is 13.6 Å². The first kappa shape index (κ1) is 20.5. The third-order valence-electron chi connectivity index (χ3n) is 5.27. The van der Waals surface area contributed by atoms with Crippen molar-refractivity contribution in [1.82, 2.24) is 4.90 Å². The molecule has 0 radical (unpaired) electrons. The first-order valence-corrected chi connectivity index (χ1v) is 9.87. The van der Waals surface area contributed by atoms with Gasteiger partial charge in [0, 0.05) is 31.2 Å². The number of amides is 1. The van der Waals surface area contributed by atoms with E-state index in [1.165, 1.54) is 12.1 Å². The van der Waals surface area contributed by atoms with Gasteiger partial charge in [0.2, 0.25) is 5.91 Å². The van der Waals surface area contributed by atoms with Crippen molar-refractivity contribution in [2.24, 2.45) is 5.92 Å². The van der Waals surface area contributed by atoms with Gasteiger partial charge in [-0.1, -0.05) is 32.0 Å². The summed E-state index contributed by atoms with van der Waals surface area (Å²) in [5, 5.41) is 0. The van der Waals surface area contributed by atoms with Crippen molar-refractivity contribution in [3.63, 3.8) is 0 Å². The maximum Gasteiger partial charge on any atom is 0.225 e. The molecule has 0 aromatic heterocycles. The third-order valence-corrected chi connectivity index (χ3v) is 5.27. The van der Waals surface area contributed by atoms with Crippen LogP contribution in [0.1, 0.15) is 45.3 Å². The van der Waals surface area contributed by atoms with Crippen molar-refractivity contribution in [2.75, 3.05) is 13.2 Å². The Labute approximate surface area is 165 Å². The van der Waals surface area contributed by atoms with Gasteiger partial charge in [-0.15, -0.1) is 0 Å². The van der Waals surface area contributed by atoms with E-state index in [4.69, 9.17) is 4.74 Å². The van der Waals surface area contributed by atoms with Gasteiger partial charge < -0.3 is 9.64 Å². The molecule has 0 bridgehead atoms. The Morgan fingerprint density at radius 3 is 2.50 bits per heavy atom. The minimum absolute atomic E-state index is 0.0348. The van der Waals surface area contributed by atoms with Gasteiger partial charge >= 0.3 is 0 Å². The molecule has 1 fully saturated rings. The van der Waals surface area contributed by atoms with Crippen LogP contribution in [0.4, 0.5) is 8.78 Å². The molecule has 150 valence electrons. The third kappa shape index (κ3) is 4.58. The highest BCUT2D eigenvalue weighted by Gasteiger charge is 2.31. The van der Waals surface area contributed by atoms with Crippen molar-refractivity contribution in [1.29, 1.82) is 0 Å². The lowest BCUT2D eigenvalue weighted by atomic mass is 9.93. The molecule has 2 atom stereocenters. The van der Waals surface area contributed by atoms with Gasteiger partial charge in [-0.2, -0.15) is 0 Å². The fourth-order valence-electron chi connectivity index (χ4n) is 3.86. The normalized spacial score (nSPS) is 19.6. The molecule has 1 aliphatic heterocycles. The van der Waals surface area contributed by atoms with Crippen LogP contribution in [0.5, 0.6) is 0 Å². The number of carbonyl (C=O) groups is 1. The maximum absolute atomic E-state index is 13.6. The molecule has 0 aliphatic carbocycles. The second-order valence-corrected chi connectivity index (χ2v) is 7.60. The predicted octanol–water partition coefficient (Wildman–Crippen LogP) is 5.36. The minimum atomic E-state index is -0.597. The van der Waals surface area contributed by atoms with Crippen molar-refractivity contribution in [3.05, 3.63) is 59.7 Å². The molecule has 2 aromatic carbocycles. The summed E-state index contributed by atoms with van der Waals surface area (Å²) in [7, 11) is 0. The first-order chi connectivity index (χ1) is 13.4. The molecule has 0 unspecified atom stereocenters. The molecule has 2 aromatic rings. The number of hydrogen-bond donors (Lipinski definition) is 0. The minimum Gasteiger partial charge on any atom is -0.373 e. The summed E-state index contributed by atoms with van der Waals surface area (Å²) in [6.07, 6.45) is 1.39. The summed E-state index contributed by atoms with van der Waals surface area (Å²) in [6.45, 7) is 7.10. The monoisotopic (exact) mass is 387 g/mol. The second-order valence-electron chi connectivity index (χ2n) is 7.60. The lowest BCUT2D eigenvalue weighted by Gasteiger charge is -2.38. The summed E-state index contributed by atoms with van der Waals surface area (Å²) in [4.78, 5) is 14.5. The average molecular weight is 387 g/mol. The number of nitrogens with zero attached hydrogens (tertiary/aromatic N) is 1. The van der Waals surface area contributed by atoms with Crippen LogP contribution in [0.15, 0.2) is 42.5 Å². The summed E-state index contributed by atoms with van der Waals surface area (Å²) in [5.41, 5.74) is 2.20. The van der Waals surface area contributed by atoms with Gasteiger partial charge in [0.05, 0.1) is 6.10 Å². The summed E-state index contributed by atoms with van der Waals surface area (Å²) < 4.78 is 33.2. The van der Waals surface area contributed by atoms with Crippen LogP contribution in [0.25, 0.3) is 11.1 Å². The van der Waals surface area contributed by atoms with Crippen LogP contribution in [0, 0.1) is 17.6 Å². The maximum atomic E-state index is 13.6. The van der Waals surface area contributed by atoms with E-state index in [-0.39, 0.29) is 24.0 Å². The van der Waals surface area contributed by atoms with Crippen LogP contribution >= 0.6 is 0 Å². The number of ether oxygens (including phenoxy) is 1. The van der Waals surface area contributed by atoms with E-state index in [1.54, 1.807) is 0 Å². The molecule has 0 saturated carbocycles. The highest BCUT2D eigenvalue weighted by molar-refractivity contribution is 5.78. The molecule has 1 saturated heterocycles. The fourth-order valence-corrected chi connectivity index (χ4v) is 3.86. The quantitative estimate of drug-likeness (QED) is 0.692. The Bertz CT molecular complexity index is 817. The largest absolute Gasteiger partial charge is 0.373 e. The molecule has 1 aliphatic rings. The van der Waals surface area contributed by atoms with E-state index in [0.29, 0.717) is 25.1 Å². The molecule has 3 nitrogen and oxygen atoms in total. The van der Waals surface area contributed by atoms with E-state index in [1.807, 2.05) is 49.9 Å². The molecule has 1 heterocycles. The summed E-state index contributed by atoms with van der Waals surface area (Å²) >= 11 is 0. The van der Waals surface area contributed by atoms with Crippen LogP contribution in [-0.2, 0) is 9.53 Å². The van der Waals surface area contributed by atoms with Crippen molar-refractivity contribution in [3.8, 4) is 11.1 Å². The standard InChI is InChI=1S/C23H27F2NO2/c1-4-26(23(27)15(2)3)21-8-9-28-22(14-21)17-7-5-6-16(10-17)18-11-19(24)13-20(25)12-18/h5-7,10-13,15,21-22H,4,8-9,14H2,1-3H3/t21-,22+/m0/s1. The highest BCUT2D eigenvalue weighted by Crippen LogP contribution is 2.33. The SMILES string of the molecule is CCN(C(=O)C(C)C)[C@H]1CCO[C@@H](c2cccc(-c3cc(F)cc(F)c3)c2)C1. The van der Waals surface area contributed by atoms with E-state index in [0.717, 1.165) is 23.6 Å². The molecule has 0 spiro atoms. The van der Waals surface area contributed by atoms with Gasteiger partial charge in [-0.3, -0.25) is 4.79 Å². The number of rotatable bonds is 5. The van der Waals surface area contributed by atoms with Gasteiger partial charge in [0.15, 0.2) is 0 Å². The van der Waals surface area contributed by atoms with E-state index < -0.39 is 11.6 Å². The number of carbonyl (C=O) groups excluding carboxylic acids is 1. The molecular weight excluding hydrogens is 360 g/mol. The van der Waals surface area contributed by atoms with Gasteiger partial charge in [-0.25, -0.2) is 8.78 Å². The predicted molar refractivity (Wildman–Crippen MR) is 106 cm³/mol. The molecule has 28 heavy (non-hydrogen) atoms. The van der Waals surface area contributed by atoms with Crippen molar-refractivity contribution >= 4 is 5.91 Å². The van der Waals surface area contributed by atoms with Gasteiger partial charge in [-0.05, 0) is 54.7 Å². The molecule has 5 heteroatoms. The Morgan fingerprint density at radius 1 is 1.14 bits per heavy atom. The van der Waals surface area contributed by atoms with Crippen molar-refractivity contribution in [2.45, 2.75) is 45.8 Å². The van der Waals surface area contributed by atoms with Gasteiger partial charge in [0.25, 0.3) is 0 Å². The zero-order chi connectivity index (χ0) is 20.3. The Balaban J connectivity index is 1.82. The topological polar surface area (TPSA) is 29.5 Å². The number of benzene rings is 2.